The molecule has 1 atom stereocenters. The zero-order valence-corrected chi connectivity index (χ0v) is 19.4. The van der Waals surface area contributed by atoms with Crippen molar-refractivity contribution in [3.05, 3.63) is 64.9 Å². The Morgan fingerprint density at radius 2 is 1.75 bits per heavy atom. The number of piperazine rings is 1. The summed E-state index contributed by atoms with van der Waals surface area (Å²) < 4.78 is 40.4. The number of carbonyl (C=O) groups excluding carboxylic acids is 1. The van der Waals surface area contributed by atoms with Crippen molar-refractivity contribution in [2.45, 2.75) is 24.3 Å². The van der Waals surface area contributed by atoms with Gasteiger partial charge in [-0.15, -0.1) is 0 Å². The largest absolute Gasteiger partial charge is 0.340 e. The molecule has 2 saturated heterocycles. The fourth-order valence-electron chi connectivity index (χ4n) is 4.40. The third kappa shape index (κ3) is 5.31. The minimum Gasteiger partial charge on any atom is -0.340 e. The number of nitrogens with zero attached hydrogens (tertiary/aromatic N) is 3. The van der Waals surface area contributed by atoms with E-state index in [4.69, 9.17) is 11.6 Å². The SMILES string of the molecule is O=C([C@@H]1CCCN(S(=O)(=O)c2ccc(F)cc2)C1)N1CCN(Cc2cccc(Cl)c2)CC1. The lowest BCUT2D eigenvalue weighted by molar-refractivity contribution is -0.138. The van der Waals surface area contributed by atoms with Gasteiger partial charge in [-0.2, -0.15) is 4.31 Å². The lowest BCUT2D eigenvalue weighted by Gasteiger charge is -2.38. The van der Waals surface area contributed by atoms with E-state index >= 15 is 0 Å². The van der Waals surface area contributed by atoms with Gasteiger partial charge in [-0.25, -0.2) is 12.8 Å². The molecule has 2 aliphatic heterocycles. The van der Waals surface area contributed by atoms with Crippen LogP contribution in [0, 0.1) is 11.7 Å². The van der Waals surface area contributed by atoms with Gasteiger partial charge >= 0.3 is 0 Å². The van der Waals surface area contributed by atoms with Gasteiger partial charge in [0.2, 0.25) is 15.9 Å². The third-order valence-electron chi connectivity index (χ3n) is 6.16. The summed E-state index contributed by atoms with van der Waals surface area (Å²) in [5.74, 6) is -0.810. The van der Waals surface area contributed by atoms with Crippen LogP contribution in [-0.4, -0.2) is 67.7 Å². The van der Waals surface area contributed by atoms with Crippen LogP contribution < -0.4 is 0 Å². The summed E-state index contributed by atoms with van der Waals surface area (Å²) in [4.78, 5) is 17.3. The van der Waals surface area contributed by atoms with E-state index in [1.54, 1.807) is 0 Å². The molecule has 0 N–H and O–H groups in total. The molecule has 0 radical (unpaired) electrons. The standard InChI is InChI=1S/C23H27ClFN3O3S/c24-20-5-1-3-18(15-20)16-26-11-13-27(14-12-26)23(29)19-4-2-10-28(17-19)32(30,31)22-8-6-21(25)7-9-22/h1,3,5-9,15,19H,2,4,10-14,16-17H2/t19-/m1/s1. The Morgan fingerprint density at radius 1 is 1.03 bits per heavy atom. The number of piperidine rings is 1. The molecule has 2 aromatic rings. The van der Waals surface area contributed by atoms with Crippen molar-refractivity contribution in [2.24, 2.45) is 5.92 Å². The molecule has 4 rings (SSSR count). The Hall–Kier alpha value is -2.00. The number of rotatable bonds is 5. The summed E-state index contributed by atoms with van der Waals surface area (Å²) in [5.41, 5.74) is 1.14. The molecule has 0 unspecified atom stereocenters. The fourth-order valence-corrected chi connectivity index (χ4v) is 6.13. The van der Waals surface area contributed by atoms with Gasteiger partial charge in [-0.3, -0.25) is 9.69 Å². The van der Waals surface area contributed by atoms with E-state index in [1.165, 1.54) is 16.4 Å². The number of hydrogen-bond acceptors (Lipinski definition) is 4. The van der Waals surface area contributed by atoms with Crippen molar-refractivity contribution in [1.29, 1.82) is 0 Å². The monoisotopic (exact) mass is 479 g/mol. The summed E-state index contributed by atoms with van der Waals surface area (Å²) >= 11 is 6.07. The van der Waals surface area contributed by atoms with Crippen molar-refractivity contribution < 1.29 is 17.6 Å². The van der Waals surface area contributed by atoms with Crippen LogP contribution in [0.1, 0.15) is 18.4 Å². The van der Waals surface area contributed by atoms with Gasteiger partial charge < -0.3 is 4.90 Å². The minimum absolute atomic E-state index is 0.0198. The molecule has 0 aromatic heterocycles. The lowest BCUT2D eigenvalue weighted by atomic mass is 9.97. The average Bonchev–Trinajstić information content (AvgIpc) is 2.79. The van der Waals surface area contributed by atoms with E-state index < -0.39 is 15.8 Å². The first kappa shape index (κ1) is 23.2. The van der Waals surface area contributed by atoms with Crippen molar-refractivity contribution in [1.82, 2.24) is 14.1 Å². The predicted octanol–water partition coefficient (Wildman–Crippen LogP) is 3.22. The summed E-state index contributed by atoms with van der Waals surface area (Å²) in [7, 11) is -3.75. The first-order valence-electron chi connectivity index (χ1n) is 10.8. The van der Waals surface area contributed by atoms with Crippen molar-refractivity contribution in [3.8, 4) is 0 Å². The van der Waals surface area contributed by atoms with Gasteiger partial charge in [0.1, 0.15) is 5.82 Å². The summed E-state index contributed by atoms with van der Waals surface area (Å²) in [6, 6.07) is 12.6. The Bertz CT molecular complexity index is 1060. The molecule has 1 amide bonds. The van der Waals surface area contributed by atoms with E-state index in [9.17, 15) is 17.6 Å². The van der Waals surface area contributed by atoms with Crippen molar-refractivity contribution in [2.75, 3.05) is 39.3 Å². The highest BCUT2D eigenvalue weighted by Crippen LogP contribution is 2.26. The van der Waals surface area contributed by atoms with Crippen LogP contribution in [-0.2, 0) is 21.4 Å². The van der Waals surface area contributed by atoms with Crippen molar-refractivity contribution >= 4 is 27.5 Å². The highest BCUT2D eigenvalue weighted by Gasteiger charge is 2.35. The molecule has 0 spiro atoms. The van der Waals surface area contributed by atoms with Crippen LogP contribution in [0.5, 0.6) is 0 Å². The van der Waals surface area contributed by atoms with Gasteiger partial charge in [0, 0.05) is 50.8 Å². The van der Waals surface area contributed by atoms with Crippen molar-refractivity contribution in [3.63, 3.8) is 0 Å². The zero-order valence-electron chi connectivity index (χ0n) is 17.8. The maximum atomic E-state index is 13.2. The molecule has 0 bridgehead atoms. The van der Waals surface area contributed by atoms with Gasteiger partial charge in [-0.05, 0) is 54.8 Å². The quantitative estimate of drug-likeness (QED) is 0.660. The molecule has 172 valence electrons. The maximum Gasteiger partial charge on any atom is 0.243 e. The Balaban J connectivity index is 1.34. The molecule has 32 heavy (non-hydrogen) atoms. The Kier molecular flexibility index (Phi) is 7.14. The molecule has 6 nitrogen and oxygen atoms in total. The molecular formula is C23H27ClFN3O3S. The van der Waals surface area contributed by atoms with E-state index in [0.717, 1.165) is 37.3 Å². The van der Waals surface area contributed by atoms with E-state index in [2.05, 4.69) is 4.90 Å². The van der Waals surface area contributed by atoms with Crippen LogP contribution in [0.15, 0.2) is 53.4 Å². The Morgan fingerprint density at radius 3 is 2.44 bits per heavy atom. The van der Waals surface area contributed by atoms with E-state index in [1.807, 2.05) is 29.2 Å². The second-order valence-corrected chi connectivity index (χ2v) is 10.8. The molecule has 9 heteroatoms. The highest BCUT2D eigenvalue weighted by molar-refractivity contribution is 7.89. The minimum atomic E-state index is -3.75. The maximum absolute atomic E-state index is 13.2. The lowest BCUT2D eigenvalue weighted by Crippen LogP contribution is -2.52. The van der Waals surface area contributed by atoms with Crippen LogP contribution in [0.4, 0.5) is 4.39 Å². The number of sulfonamides is 1. The number of amides is 1. The summed E-state index contributed by atoms with van der Waals surface area (Å²) in [5, 5.41) is 0.716. The van der Waals surface area contributed by atoms with Gasteiger partial charge in [-0.1, -0.05) is 23.7 Å². The topological polar surface area (TPSA) is 60.9 Å². The number of hydrogen-bond donors (Lipinski definition) is 0. The van der Waals surface area contributed by atoms with Crippen LogP contribution in [0.3, 0.4) is 0 Å². The first-order chi connectivity index (χ1) is 15.3. The second kappa shape index (κ2) is 9.87. The normalized spacial score (nSPS) is 20.9. The van der Waals surface area contributed by atoms with E-state index in [-0.39, 0.29) is 23.3 Å². The van der Waals surface area contributed by atoms with Gasteiger partial charge in [0.05, 0.1) is 10.8 Å². The molecule has 2 aromatic carbocycles. The molecule has 2 fully saturated rings. The molecule has 2 aliphatic rings. The molecular weight excluding hydrogens is 453 g/mol. The van der Waals surface area contributed by atoms with Gasteiger partial charge in [0.15, 0.2) is 0 Å². The molecule has 2 heterocycles. The third-order valence-corrected chi connectivity index (χ3v) is 8.28. The predicted molar refractivity (Wildman–Crippen MR) is 121 cm³/mol. The Labute approximate surface area is 193 Å². The fraction of sp³-hybridized carbons (Fsp3) is 0.435. The second-order valence-electron chi connectivity index (χ2n) is 8.39. The number of halogens is 2. The number of carbonyl (C=O) groups is 1. The van der Waals surface area contributed by atoms with Crippen LogP contribution >= 0.6 is 11.6 Å². The summed E-state index contributed by atoms with van der Waals surface area (Å²) in [6.07, 6.45) is 1.31. The zero-order chi connectivity index (χ0) is 22.7. The first-order valence-corrected chi connectivity index (χ1v) is 12.7. The number of benzene rings is 2. The van der Waals surface area contributed by atoms with E-state index in [0.29, 0.717) is 37.5 Å². The smallest absolute Gasteiger partial charge is 0.243 e. The van der Waals surface area contributed by atoms with Crippen LogP contribution in [0.25, 0.3) is 0 Å². The van der Waals surface area contributed by atoms with Gasteiger partial charge in [0.25, 0.3) is 0 Å². The highest BCUT2D eigenvalue weighted by atomic mass is 35.5. The summed E-state index contributed by atoms with van der Waals surface area (Å²) in [6.45, 7) is 4.11. The molecule has 0 saturated carbocycles. The average molecular weight is 480 g/mol. The van der Waals surface area contributed by atoms with Crippen LogP contribution in [0.2, 0.25) is 5.02 Å². The molecule has 0 aliphatic carbocycles.